The molecule has 1 unspecified atom stereocenters. The number of piperidine rings is 1. The Morgan fingerprint density at radius 2 is 2.33 bits per heavy atom. The Balaban J connectivity index is 2.19. The average molecular weight is 312 g/mol. The summed E-state index contributed by atoms with van der Waals surface area (Å²) in [5.74, 6) is -0.103. The fourth-order valence-corrected chi connectivity index (χ4v) is 2.80. The van der Waals surface area contributed by atoms with E-state index in [0.717, 1.165) is 25.8 Å². The maximum absolute atomic E-state index is 12.5. The van der Waals surface area contributed by atoms with Crippen LogP contribution in [0.15, 0.2) is 18.2 Å². The number of hydrogen-bond acceptors (Lipinski definition) is 4. The minimum atomic E-state index is -0.560. The van der Waals surface area contributed by atoms with Crippen molar-refractivity contribution in [2.24, 2.45) is 5.41 Å². The zero-order valence-corrected chi connectivity index (χ0v) is 12.6. The van der Waals surface area contributed by atoms with E-state index in [4.69, 9.17) is 11.6 Å². The molecule has 1 aromatic rings. The Hall–Kier alpha value is -1.66. The summed E-state index contributed by atoms with van der Waals surface area (Å²) in [7, 11) is 0. The molecule has 1 aliphatic rings. The Morgan fingerprint density at radius 3 is 2.90 bits per heavy atom. The van der Waals surface area contributed by atoms with Crippen molar-refractivity contribution in [2.75, 3.05) is 18.4 Å². The van der Waals surface area contributed by atoms with Gasteiger partial charge in [-0.25, -0.2) is 0 Å². The number of halogens is 1. The molecule has 0 aromatic heterocycles. The van der Waals surface area contributed by atoms with Crippen molar-refractivity contribution in [3.05, 3.63) is 33.3 Å². The van der Waals surface area contributed by atoms with Crippen molar-refractivity contribution in [3.8, 4) is 0 Å². The normalized spacial score (nSPS) is 21.8. The molecule has 1 aliphatic heterocycles. The highest BCUT2D eigenvalue weighted by Gasteiger charge is 2.37. The molecule has 0 radical (unpaired) electrons. The lowest BCUT2D eigenvalue weighted by molar-refractivity contribution is -0.384. The van der Waals surface area contributed by atoms with Gasteiger partial charge >= 0.3 is 0 Å². The minimum Gasteiger partial charge on any atom is -0.325 e. The molecule has 0 bridgehead atoms. The zero-order valence-electron chi connectivity index (χ0n) is 11.8. The van der Waals surface area contributed by atoms with Crippen LogP contribution < -0.4 is 10.6 Å². The van der Waals surface area contributed by atoms with Gasteiger partial charge < -0.3 is 10.6 Å². The first kappa shape index (κ1) is 15.7. The maximum atomic E-state index is 12.5. The van der Waals surface area contributed by atoms with Gasteiger partial charge in [0.1, 0.15) is 5.02 Å². The molecule has 1 heterocycles. The molecule has 7 heteroatoms. The van der Waals surface area contributed by atoms with Crippen LogP contribution in [0.25, 0.3) is 0 Å². The summed E-state index contributed by atoms with van der Waals surface area (Å²) in [6.07, 6.45) is 2.49. The Morgan fingerprint density at radius 1 is 1.57 bits per heavy atom. The number of hydrogen-bond donors (Lipinski definition) is 2. The fraction of sp³-hybridized carbons (Fsp3) is 0.500. The van der Waals surface area contributed by atoms with Gasteiger partial charge in [-0.3, -0.25) is 14.9 Å². The van der Waals surface area contributed by atoms with Crippen LogP contribution in [-0.2, 0) is 4.79 Å². The van der Waals surface area contributed by atoms with E-state index in [2.05, 4.69) is 10.6 Å². The van der Waals surface area contributed by atoms with E-state index in [-0.39, 0.29) is 16.6 Å². The molecule has 21 heavy (non-hydrogen) atoms. The Labute approximate surface area is 128 Å². The third-order valence-corrected chi connectivity index (χ3v) is 4.35. The number of amides is 1. The molecule has 1 atom stereocenters. The molecule has 0 spiro atoms. The monoisotopic (exact) mass is 311 g/mol. The molecule has 1 aromatic carbocycles. The number of nitro groups is 1. The van der Waals surface area contributed by atoms with Gasteiger partial charge in [0.2, 0.25) is 5.91 Å². The number of carbonyl (C=O) groups is 1. The lowest BCUT2D eigenvalue weighted by atomic mass is 9.77. The first-order chi connectivity index (χ1) is 9.98. The predicted octanol–water partition coefficient (Wildman–Crippen LogP) is 2.97. The van der Waals surface area contributed by atoms with E-state index in [9.17, 15) is 14.9 Å². The van der Waals surface area contributed by atoms with Gasteiger partial charge in [0, 0.05) is 18.3 Å². The van der Waals surface area contributed by atoms with Crippen LogP contribution in [0, 0.1) is 15.5 Å². The molecule has 2 rings (SSSR count). The van der Waals surface area contributed by atoms with Gasteiger partial charge in [-0.15, -0.1) is 0 Å². The summed E-state index contributed by atoms with van der Waals surface area (Å²) >= 11 is 5.77. The van der Waals surface area contributed by atoms with Crippen LogP contribution in [0.3, 0.4) is 0 Å². The molecular formula is C14H18ClN3O3. The Kier molecular flexibility index (Phi) is 4.80. The number of carbonyl (C=O) groups excluding carboxylic acids is 1. The van der Waals surface area contributed by atoms with Crippen LogP contribution in [-0.4, -0.2) is 23.9 Å². The summed E-state index contributed by atoms with van der Waals surface area (Å²) in [4.78, 5) is 22.9. The van der Waals surface area contributed by atoms with Crippen LogP contribution in [0.5, 0.6) is 0 Å². The smallest absolute Gasteiger partial charge is 0.289 e. The zero-order chi connectivity index (χ0) is 15.5. The number of nitrogens with zero attached hydrogens (tertiary/aromatic N) is 1. The maximum Gasteiger partial charge on any atom is 0.289 e. The Bertz CT molecular complexity index is 556. The summed E-state index contributed by atoms with van der Waals surface area (Å²) in [6.45, 7) is 3.53. The average Bonchev–Trinajstić information content (AvgIpc) is 2.49. The van der Waals surface area contributed by atoms with Gasteiger partial charge in [0.25, 0.3) is 5.69 Å². The molecule has 114 valence electrons. The molecule has 1 fully saturated rings. The SMILES string of the molecule is CCC1(C(=O)Nc2ccc(Cl)c([N+](=O)[O-])c2)CCCNC1. The van der Waals surface area contributed by atoms with Crippen LogP contribution in [0.4, 0.5) is 11.4 Å². The van der Waals surface area contributed by atoms with E-state index in [1.165, 1.54) is 12.1 Å². The van der Waals surface area contributed by atoms with Gasteiger partial charge in [-0.05, 0) is 37.9 Å². The molecule has 1 amide bonds. The molecule has 0 saturated carbocycles. The van der Waals surface area contributed by atoms with Crippen molar-refractivity contribution in [2.45, 2.75) is 26.2 Å². The first-order valence-corrected chi connectivity index (χ1v) is 7.32. The van der Waals surface area contributed by atoms with Gasteiger partial charge in [-0.1, -0.05) is 18.5 Å². The molecule has 2 N–H and O–H groups in total. The number of nitrogens with one attached hydrogen (secondary N) is 2. The van der Waals surface area contributed by atoms with Crippen molar-refractivity contribution >= 4 is 28.9 Å². The topological polar surface area (TPSA) is 84.3 Å². The van der Waals surface area contributed by atoms with Gasteiger partial charge in [0.15, 0.2) is 0 Å². The first-order valence-electron chi connectivity index (χ1n) is 6.94. The van der Waals surface area contributed by atoms with Crippen molar-refractivity contribution in [3.63, 3.8) is 0 Å². The van der Waals surface area contributed by atoms with Gasteiger partial charge in [-0.2, -0.15) is 0 Å². The van der Waals surface area contributed by atoms with E-state index in [0.29, 0.717) is 12.2 Å². The summed E-state index contributed by atoms with van der Waals surface area (Å²) in [6, 6.07) is 4.29. The number of anilines is 1. The van der Waals surface area contributed by atoms with Crippen LogP contribution in [0.1, 0.15) is 26.2 Å². The highest BCUT2D eigenvalue weighted by molar-refractivity contribution is 6.32. The second kappa shape index (κ2) is 6.41. The van der Waals surface area contributed by atoms with E-state index >= 15 is 0 Å². The highest BCUT2D eigenvalue weighted by atomic mass is 35.5. The van der Waals surface area contributed by atoms with Gasteiger partial charge in [0.05, 0.1) is 10.3 Å². The third-order valence-electron chi connectivity index (χ3n) is 4.03. The molecule has 6 nitrogen and oxygen atoms in total. The minimum absolute atomic E-state index is 0.0579. The number of benzene rings is 1. The summed E-state index contributed by atoms with van der Waals surface area (Å²) in [5, 5.41) is 17.0. The van der Waals surface area contributed by atoms with E-state index < -0.39 is 10.3 Å². The second-order valence-corrected chi connectivity index (χ2v) is 5.70. The van der Waals surface area contributed by atoms with Crippen molar-refractivity contribution in [1.29, 1.82) is 0 Å². The van der Waals surface area contributed by atoms with E-state index in [1.54, 1.807) is 6.07 Å². The largest absolute Gasteiger partial charge is 0.325 e. The third kappa shape index (κ3) is 3.33. The van der Waals surface area contributed by atoms with Crippen LogP contribution in [0.2, 0.25) is 5.02 Å². The lowest BCUT2D eigenvalue weighted by Gasteiger charge is -2.35. The fourth-order valence-electron chi connectivity index (χ4n) is 2.62. The molecule has 0 aliphatic carbocycles. The van der Waals surface area contributed by atoms with Crippen molar-refractivity contribution < 1.29 is 9.72 Å². The summed E-state index contributed by atoms with van der Waals surface area (Å²) in [5.41, 5.74) is -0.261. The standard InChI is InChI=1S/C14H18ClN3O3/c1-2-14(6-3-7-16-9-14)13(19)17-10-4-5-11(15)12(8-10)18(20)21/h4-5,8,16H,2-3,6-7,9H2,1H3,(H,17,19). The number of rotatable bonds is 4. The lowest BCUT2D eigenvalue weighted by Crippen LogP contribution is -2.47. The van der Waals surface area contributed by atoms with Crippen LogP contribution >= 0.6 is 11.6 Å². The predicted molar refractivity (Wildman–Crippen MR) is 81.6 cm³/mol. The summed E-state index contributed by atoms with van der Waals surface area (Å²) < 4.78 is 0. The molecule has 1 saturated heterocycles. The number of nitro benzene ring substituents is 1. The van der Waals surface area contributed by atoms with Crippen molar-refractivity contribution in [1.82, 2.24) is 5.32 Å². The molecular weight excluding hydrogens is 294 g/mol. The van der Waals surface area contributed by atoms with E-state index in [1.807, 2.05) is 6.92 Å². The second-order valence-electron chi connectivity index (χ2n) is 5.29. The highest BCUT2D eigenvalue weighted by Crippen LogP contribution is 2.33. The quantitative estimate of drug-likeness (QED) is 0.661.